The van der Waals surface area contributed by atoms with E-state index in [9.17, 15) is 29.1 Å². The first-order chi connectivity index (χ1) is 25.8. The molecule has 280 valence electrons. The highest BCUT2D eigenvalue weighted by molar-refractivity contribution is 6.10. The van der Waals surface area contributed by atoms with Crippen molar-refractivity contribution < 1.29 is 38.6 Å². The van der Waals surface area contributed by atoms with Crippen LogP contribution in [0, 0.1) is 12.8 Å². The van der Waals surface area contributed by atoms with Gasteiger partial charge in [-0.2, -0.15) is 0 Å². The Labute approximate surface area is 313 Å². The molecule has 3 unspecified atom stereocenters. The van der Waals surface area contributed by atoms with E-state index in [1.165, 1.54) is 4.90 Å². The number of nitrogens with zero attached hydrogens (tertiary/aromatic N) is 2. The Morgan fingerprint density at radius 2 is 1.56 bits per heavy atom. The van der Waals surface area contributed by atoms with E-state index in [2.05, 4.69) is 16.0 Å². The predicted molar refractivity (Wildman–Crippen MR) is 201 cm³/mol. The van der Waals surface area contributed by atoms with Crippen molar-refractivity contribution in [2.45, 2.75) is 64.7 Å². The Morgan fingerprint density at radius 1 is 0.870 bits per heavy atom. The highest BCUT2D eigenvalue weighted by Gasteiger charge is 2.58. The number of aryl methyl sites for hydroxylation is 1. The SMILES string of the molecule is Cc1ccccc1NC(=O)Nc1ccc(CN2C(=O)N(C(CC(C)C)C(=O)NC(CC(=O)O)c3ccc4c(c3)OCO4)C(=O)C2(C)c2ccccc2)cc1. The number of fused-ring (bicyclic) bond motifs is 1. The number of imide groups is 1. The maximum absolute atomic E-state index is 14.7. The fraction of sp³-hybridized carbons (Fsp3) is 0.293. The van der Waals surface area contributed by atoms with Crippen LogP contribution in [-0.4, -0.2) is 57.6 Å². The van der Waals surface area contributed by atoms with E-state index < -0.39 is 53.9 Å². The van der Waals surface area contributed by atoms with Crippen LogP contribution < -0.4 is 25.4 Å². The van der Waals surface area contributed by atoms with Crippen LogP contribution in [0.25, 0.3) is 0 Å². The molecule has 0 radical (unpaired) electrons. The first-order valence-electron chi connectivity index (χ1n) is 17.7. The van der Waals surface area contributed by atoms with Gasteiger partial charge < -0.3 is 35.4 Å². The predicted octanol–water partition coefficient (Wildman–Crippen LogP) is 6.79. The number of urea groups is 2. The summed E-state index contributed by atoms with van der Waals surface area (Å²) in [5.41, 5.74) is 2.34. The molecule has 1 saturated heterocycles. The third kappa shape index (κ3) is 7.85. The van der Waals surface area contributed by atoms with Gasteiger partial charge >= 0.3 is 18.0 Å². The standard InChI is InChI=1S/C41H43N5O8/c1-25(2)20-33(37(49)43-32(22-36(47)48)28-16-19-34-35(21-28)54-24-53-34)46-38(50)41(4,29-11-6-5-7-12-29)45(40(46)52)23-27-14-17-30(18-15-27)42-39(51)44-31-13-9-8-10-26(31)3/h5-19,21,25,32-33H,20,22-24H2,1-4H3,(H,43,49)(H,47,48)(H2,42,44,51). The molecule has 2 heterocycles. The highest BCUT2D eigenvalue weighted by atomic mass is 16.7. The second kappa shape index (κ2) is 15.7. The number of carboxylic acids is 1. The molecular weight excluding hydrogens is 690 g/mol. The second-order valence-electron chi connectivity index (χ2n) is 14.0. The third-order valence-corrected chi connectivity index (χ3v) is 9.70. The minimum absolute atomic E-state index is 0.0109. The van der Waals surface area contributed by atoms with Crippen molar-refractivity contribution in [3.63, 3.8) is 0 Å². The molecule has 3 atom stereocenters. The van der Waals surface area contributed by atoms with Crippen LogP contribution in [0.15, 0.2) is 97.1 Å². The molecule has 4 aromatic rings. The number of hydrogen-bond acceptors (Lipinski definition) is 7. The Hall–Kier alpha value is -6.37. The molecule has 13 heteroatoms. The molecule has 54 heavy (non-hydrogen) atoms. The van der Waals surface area contributed by atoms with Crippen molar-refractivity contribution in [3.05, 3.63) is 119 Å². The molecule has 6 amide bonds. The van der Waals surface area contributed by atoms with Gasteiger partial charge in [0, 0.05) is 17.9 Å². The largest absolute Gasteiger partial charge is 0.481 e. The number of carbonyl (C=O) groups is 5. The van der Waals surface area contributed by atoms with Crippen molar-refractivity contribution in [2.24, 2.45) is 5.92 Å². The average Bonchev–Trinajstić information content (AvgIpc) is 3.69. The number of amides is 6. The van der Waals surface area contributed by atoms with Crippen LogP contribution in [-0.2, 0) is 26.5 Å². The number of carbonyl (C=O) groups excluding carboxylic acids is 4. The van der Waals surface area contributed by atoms with Gasteiger partial charge in [0.15, 0.2) is 11.5 Å². The number of anilines is 2. The van der Waals surface area contributed by atoms with Gasteiger partial charge in [-0.25, -0.2) is 14.5 Å². The summed E-state index contributed by atoms with van der Waals surface area (Å²) in [7, 11) is 0. The number of nitrogens with one attached hydrogen (secondary N) is 3. The number of aliphatic carboxylic acids is 1. The topological polar surface area (TPSA) is 167 Å². The zero-order valence-electron chi connectivity index (χ0n) is 30.5. The summed E-state index contributed by atoms with van der Waals surface area (Å²) in [5.74, 6) is -1.59. The first-order valence-corrected chi connectivity index (χ1v) is 17.7. The molecule has 2 aliphatic rings. The van der Waals surface area contributed by atoms with Crippen molar-refractivity contribution in [1.82, 2.24) is 15.1 Å². The van der Waals surface area contributed by atoms with Crippen LogP contribution in [0.5, 0.6) is 11.5 Å². The lowest BCUT2D eigenvalue weighted by Gasteiger charge is -2.32. The summed E-state index contributed by atoms with van der Waals surface area (Å²) in [5, 5.41) is 18.2. The molecule has 0 saturated carbocycles. The molecule has 0 aromatic heterocycles. The molecule has 0 aliphatic carbocycles. The van der Waals surface area contributed by atoms with E-state index in [1.807, 2.05) is 51.1 Å². The molecular formula is C41H43N5O8. The average molecular weight is 734 g/mol. The Kier molecular flexibility index (Phi) is 10.9. The monoisotopic (exact) mass is 733 g/mol. The highest BCUT2D eigenvalue weighted by Crippen LogP contribution is 2.41. The third-order valence-electron chi connectivity index (χ3n) is 9.70. The van der Waals surface area contributed by atoms with Crippen LogP contribution in [0.1, 0.15) is 61.9 Å². The van der Waals surface area contributed by atoms with Crippen LogP contribution in [0.3, 0.4) is 0 Å². The Balaban J connectivity index is 1.27. The van der Waals surface area contributed by atoms with Crippen LogP contribution >= 0.6 is 0 Å². The number of rotatable bonds is 13. The Morgan fingerprint density at radius 3 is 2.24 bits per heavy atom. The van der Waals surface area contributed by atoms with Crippen molar-refractivity contribution in [2.75, 3.05) is 17.4 Å². The molecule has 1 fully saturated rings. The van der Waals surface area contributed by atoms with E-state index in [4.69, 9.17) is 9.47 Å². The summed E-state index contributed by atoms with van der Waals surface area (Å²) in [6, 6.07) is 24.9. The second-order valence-corrected chi connectivity index (χ2v) is 14.0. The summed E-state index contributed by atoms with van der Waals surface area (Å²) in [6.07, 6.45) is -0.318. The summed E-state index contributed by atoms with van der Waals surface area (Å²) in [6.45, 7) is 7.35. The molecule has 4 aromatic carbocycles. The van der Waals surface area contributed by atoms with Gasteiger partial charge in [0.1, 0.15) is 11.6 Å². The van der Waals surface area contributed by atoms with Crippen molar-refractivity contribution in [3.8, 4) is 11.5 Å². The van der Waals surface area contributed by atoms with Crippen molar-refractivity contribution in [1.29, 1.82) is 0 Å². The van der Waals surface area contributed by atoms with E-state index in [1.54, 1.807) is 73.7 Å². The minimum Gasteiger partial charge on any atom is -0.481 e. The van der Waals surface area contributed by atoms with Crippen LogP contribution in [0.4, 0.5) is 21.0 Å². The number of para-hydroxylation sites is 1. The normalized spacial score (nSPS) is 17.4. The summed E-state index contributed by atoms with van der Waals surface area (Å²) < 4.78 is 10.9. The Bertz CT molecular complexity index is 2050. The zero-order valence-corrected chi connectivity index (χ0v) is 30.5. The van der Waals surface area contributed by atoms with Gasteiger partial charge in [0.25, 0.3) is 5.91 Å². The quantitative estimate of drug-likeness (QED) is 0.109. The van der Waals surface area contributed by atoms with E-state index in [0.29, 0.717) is 39.6 Å². The minimum atomic E-state index is -1.49. The smallest absolute Gasteiger partial charge is 0.329 e. The number of hydrogen-bond donors (Lipinski definition) is 4. The maximum atomic E-state index is 14.7. The van der Waals surface area contributed by atoms with E-state index >= 15 is 0 Å². The molecule has 4 N–H and O–H groups in total. The molecule has 6 rings (SSSR count). The van der Waals surface area contributed by atoms with E-state index in [-0.39, 0.29) is 25.7 Å². The summed E-state index contributed by atoms with van der Waals surface area (Å²) >= 11 is 0. The lowest BCUT2D eigenvalue weighted by molar-refractivity contribution is -0.141. The zero-order chi connectivity index (χ0) is 38.6. The lowest BCUT2D eigenvalue weighted by atomic mass is 9.89. The van der Waals surface area contributed by atoms with Gasteiger partial charge in [-0.05, 0) is 78.8 Å². The summed E-state index contributed by atoms with van der Waals surface area (Å²) in [4.78, 5) is 70.7. The molecule has 0 bridgehead atoms. The molecule has 13 nitrogen and oxygen atoms in total. The van der Waals surface area contributed by atoms with Crippen molar-refractivity contribution >= 4 is 41.2 Å². The van der Waals surface area contributed by atoms with Gasteiger partial charge in [0.2, 0.25) is 12.7 Å². The van der Waals surface area contributed by atoms with Gasteiger partial charge in [0.05, 0.1) is 12.5 Å². The van der Waals surface area contributed by atoms with Crippen LogP contribution in [0.2, 0.25) is 0 Å². The van der Waals surface area contributed by atoms with Gasteiger partial charge in [-0.1, -0.05) is 80.6 Å². The molecule has 2 aliphatic heterocycles. The number of benzene rings is 4. The number of ether oxygens (including phenoxy) is 2. The fourth-order valence-electron chi connectivity index (χ4n) is 6.78. The lowest BCUT2D eigenvalue weighted by Crippen LogP contribution is -2.52. The molecule has 0 spiro atoms. The van der Waals surface area contributed by atoms with Gasteiger partial charge in [-0.3, -0.25) is 14.4 Å². The van der Waals surface area contributed by atoms with E-state index in [0.717, 1.165) is 10.5 Å². The maximum Gasteiger partial charge on any atom is 0.329 e. The number of carboxylic acid groups (broad SMARTS) is 1. The first kappa shape index (κ1) is 37.4. The fourth-order valence-corrected chi connectivity index (χ4v) is 6.78. The van der Waals surface area contributed by atoms with Gasteiger partial charge in [-0.15, -0.1) is 0 Å².